The maximum Gasteiger partial charge on any atom is 0.598 e. The molecule has 2 saturated heterocycles. The average molecular weight is 123 g/mol. The summed E-state index contributed by atoms with van der Waals surface area (Å²) in [7, 11) is 0.812. The summed E-state index contributed by atoms with van der Waals surface area (Å²) in [5, 5.41) is 0. The van der Waals surface area contributed by atoms with E-state index in [9.17, 15) is 0 Å². The molecular weight excluding hydrogens is 123 g/mol. The smallest absolute Gasteiger partial charge is 0.430 e. The fourth-order valence-electron chi connectivity index (χ4n) is 0.529. The van der Waals surface area contributed by atoms with Gasteiger partial charge in [-0.15, -0.1) is 0 Å². The van der Waals surface area contributed by atoms with Crippen molar-refractivity contribution in [1.29, 1.82) is 0 Å². The lowest BCUT2D eigenvalue weighted by Gasteiger charge is -2.27. The minimum absolute atomic E-state index is 0.711. The lowest BCUT2D eigenvalue weighted by atomic mass is 9.95. The molecule has 2 radical (unpaired) electrons. The molecule has 5 nitrogen and oxygen atoms in total. The van der Waals surface area contributed by atoms with Gasteiger partial charge in [0, 0.05) is 0 Å². The van der Waals surface area contributed by atoms with Crippen LogP contribution in [-0.4, -0.2) is 30.0 Å². The maximum atomic E-state index is 4.77. The minimum Gasteiger partial charge on any atom is -0.430 e. The number of rotatable bonds is 0. The highest BCUT2D eigenvalue weighted by atomic mass is 16.9. The number of hydrogen-bond donors (Lipinski definition) is 0. The molecule has 2 rings (SSSR count). The van der Waals surface area contributed by atoms with Gasteiger partial charge in [0.25, 0.3) is 0 Å². The first-order valence-corrected chi connectivity index (χ1v) is 2.36. The molecule has 0 aromatic heterocycles. The molecular formula is B4O5. The molecule has 0 N–H and O–H groups in total. The summed E-state index contributed by atoms with van der Waals surface area (Å²) >= 11 is 0. The maximum absolute atomic E-state index is 4.77. The minimum atomic E-state index is -0.711. The Labute approximate surface area is 53.9 Å². The van der Waals surface area contributed by atoms with Gasteiger partial charge in [0.05, 0.1) is 0 Å². The summed E-state index contributed by atoms with van der Waals surface area (Å²) in [6, 6.07) is 0. The van der Waals surface area contributed by atoms with Crippen molar-refractivity contribution in [1.82, 2.24) is 0 Å². The van der Waals surface area contributed by atoms with Gasteiger partial charge in [-0.1, -0.05) is 0 Å². The molecule has 0 aromatic carbocycles. The molecule has 2 bridgehead atoms. The molecule has 2 aliphatic rings. The Kier molecular flexibility index (Phi) is 1.52. The van der Waals surface area contributed by atoms with Gasteiger partial charge in [0.15, 0.2) is 0 Å². The standard InChI is InChI=1S/B4O5/c1-5-3-7-2-8-4(6-1)9-3. The zero-order valence-electron chi connectivity index (χ0n) is 4.35. The van der Waals surface area contributed by atoms with E-state index < -0.39 is 14.6 Å². The summed E-state index contributed by atoms with van der Waals surface area (Å²) in [5.41, 5.74) is 0. The van der Waals surface area contributed by atoms with E-state index in [0.717, 1.165) is 15.4 Å². The first kappa shape index (κ1) is 5.82. The predicted octanol–water partition coefficient (Wildman–Crippen LogP) is -1.87. The molecule has 0 amide bonds. The zero-order valence-corrected chi connectivity index (χ0v) is 4.35. The summed E-state index contributed by atoms with van der Waals surface area (Å²) < 4.78 is 23.4. The third-order valence-corrected chi connectivity index (χ3v) is 0.889. The molecule has 2 aliphatic heterocycles. The Bertz CT molecular complexity index is 85.1. The van der Waals surface area contributed by atoms with E-state index in [0.29, 0.717) is 0 Å². The molecule has 9 heavy (non-hydrogen) atoms. The Morgan fingerprint density at radius 3 is 1.56 bits per heavy atom. The number of hydrogen-bond acceptors (Lipinski definition) is 5. The van der Waals surface area contributed by atoms with Crippen molar-refractivity contribution in [3.05, 3.63) is 0 Å². The quantitative estimate of drug-likeness (QED) is 0.353. The van der Waals surface area contributed by atoms with Crippen molar-refractivity contribution in [2.75, 3.05) is 0 Å². The van der Waals surface area contributed by atoms with Crippen LogP contribution in [0.2, 0.25) is 0 Å². The fourth-order valence-corrected chi connectivity index (χ4v) is 0.529. The van der Waals surface area contributed by atoms with Gasteiger partial charge < -0.3 is 22.9 Å². The van der Waals surface area contributed by atoms with E-state index in [1.807, 2.05) is 0 Å². The van der Waals surface area contributed by atoms with Gasteiger partial charge in [0.1, 0.15) is 0 Å². The van der Waals surface area contributed by atoms with Gasteiger partial charge in [-0.05, 0) is 0 Å². The molecule has 2 fully saturated rings. The third kappa shape index (κ3) is 1.15. The lowest BCUT2D eigenvalue weighted by Crippen LogP contribution is -2.52. The Morgan fingerprint density at radius 2 is 1.22 bits per heavy atom. The van der Waals surface area contributed by atoms with Crippen LogP contribution in [0.4, 0.5) is 0 Å². The van der Waals surface area contributed by atoms with Crippen LogP contribution in [0.5, 0.6) is 0 Å². The highest BCUT2D eigenvalue weighted by molar-refractivity contribution is 6.69. The van der Waals surface area contributed by atoms with Crippen LogP contribution in [0.3, 0.4) is 0 Å². The largest absolute Gasteiger partial charge is 0.598 e. The second kappa shape index (κ2) is 2.36. The highest BCUT2D eigenvalue weighted by Gasteiger charge is 2.42. The van der Waals surface area contributed by atoms with Crippen LogP contribution < -0.4 is 0 Å². The van der Waals surface area contributed by atoms with Gasteiger partial charge in [-0.3, -0.25) is 0 Å². The van der Waals surface area contributed by atoms with Gasteiger partial charge >= 0.3 is 30.0 Å². The molecule has 9 heteroatoms. The zero-order chi connectivity index (χ0) is 6.10. The van der Waals surface area contributed by atoms with Crippen molar-refractivity contribution in [3.63, 3.8) is 0 Å². The van der Waals surface area contributed by atoms with E-state index in [1.54, 1.807) is 0 Å². The second-order valence-corrected chi connectivity index (χ2v) is 1.45. The molecule has 0 aromatic rings. The van der Waals surface area contributed by atoms with E-state index in [-0.39, 0.29) is 0 Å². The molecule has 0 spiro atoms. The first-order valence-electron chi connectivity index (χ1n) is 2.36. The molecule has 0 aliphatic carbocycles. The summed E-state index contributed by atoms with van der Waals surface area (Å²) in [4.78, 5) is 0. The summed E-state index contributed by atoms with van der Waals surface area (Å²) in [6.45, 7) is 0. The molecule has 42 valence electrons. The summed E-state index contributed by atoms with van der Waals surface area (Å²) in [5.74, 6) is 0. The van der Waals surface area contributed by atoms with Crippen molar-refractivity contribution in [2.45, 2.75) is 0 Å². The third-order valence-electron chi connectivity index (χ3n) is 0.889. The monoisotopic (exact) mass is 124 g/mol. The predicted molar refractivity (Wildman–Crippen MR) is 28.4 cm³/mol. The SMILES string of the molecule is [B]1OB2O[B]OB(O1)O2. The Balaban J connectivity index is 1.96. The molecule has 2 heterocycles. The van der Waals surface area contributed by atoms with E-state index in [1.165, 1.54) is 0 Å². The van der Waals surface area contributed by atoms with Crippen molar-refractivity contribution >= 4 is 30.0 Å². The van der Waals surface area contributed by atoms with Crippen LogP contribution >= 0.6 is 0 Å². The van der Waals surface area contributed by atoms with E-state index in [2.05, 4.69) is 18.3 Å². The topological polar surface area (TPSA) is 46.2 Å². The van der Waals surface area contributed by atoms with Crippen molar-refractivity contribution in [2.24, 2.45) is 0 Å². The fraction of sp³-hybridized carbons (Fsp3) is 0. The second-order valence-electron chi connectivity index (χ2n) is 1.45. The number of fused-ring (bicyclic) bond motifs is 2. The van der Waals surface area contributed by atoms with Crippen LogP contribution in [-0.2, 0) is 22.9 Å². The van der Waals surface area contributed by atoms with E-state index >= 15 is 0 Å². The van der Waals surface area contributed by atoms with Crippen molar-refractivity contribution in [3.8, 4) is 0 Å². The van der Waals surface area contributed by atoms with Crippen LogP contribution in [0.25, 0.3) is 0 Å². The first-order chi connectivity index (χ1) is 4.45. The Morgan fingerprint density at radius 1 is 0.778 bits per heavy atom. The van der Waals surface area contributed by atoms with E-state index in [4.69, 9.17) is 4.57 Å². The Hall–Kier alpha value is 0.0597. The summed E-state index contributed by atoms with van der Waals surface area (Å²) in [6.07, 6.45) is 0. The van der Waals surface area contributed by atoms with Gasteiger partial charge in [0.2, 0.25) is 0 Å². The van der Waals surface area contributed by atoms with Gasteiger partial charge in [-0.2, -0.15) is 0 Å². The highest BCUT2D eigenvalue weighted by Crippen LogP contribution is 2.07. The lowest BCUT2D eigenvalue weighted by molar-refractivity contribution is 0.153. The van der Waals surface area contributed by atoms with Gasteiger partial charge in [-0.25, -0.2) is 0 Å². The molecule has 0 atom stereocenters. The van der Waals surface area contributed by atoms with Crippen molar-refractivity contribution < 1.29 is 22.9 Å². The van der Waals surface area contributed by atoms with Crippen LogP contribution in [0.15, 0.2) is 0 Å². The average Bonchev–Trinajstić information content (AvgIpc) is 1.88. The molecule has 0 unspecified atom stereocenters. The normalized spacial score (nSPS) is 24.9. The molecule has 0 saturated carbocycles. The van der Waals surface area contributed by atoms with Crippen LogP contribution in [0.1, 0.15) is 0 Å². The van der Waals surface area contributed by atoms with Crippen LogP contribution in [0, 0.1) is 0 Å².